The molecule has 1 heterocycles. The molecule has 0 aliphatic rings. The van der Waals surface area contributed by atoms with Gasteiger partial charge in [-0.2, -0.15) is 5.10 Å². The highest BCUT2D eigenvalue weighted by atomic mass is 19.1. The number of carbonyl (C=O) groups excluding carboxylic acids is 1. The number of rotatable bonds is 2. The van der Waals surface area contributed by atoms with Gasteiger partial charge in [-0.3, -0.25) is 4.79 Å². The van der Waals surface area contributed by atoms with E-state index in [1.54, 1.807) is 0 Å². The Morgan fingerprint density at radius 3 is 2.65 bits per heavy atom. The number of anilines is 1. The minimum Gasteiger partial charge on any atom is -0.395 e. The average molecular weight is 238 g/mol. The summed E-state index contributed by atoms with van der Waals surface area (Å²) < 4.78 is 27.3. The summed E-state index contributed by atoms with van der Waals surface area (Å²) in [7, 11) is 0. The van der Waals surface area contributed by atoms with Gasteiger partial charge in [0.05, 0.1) is 11.4 Å². The van der Waals surface area contributed by atoms with Crippen molar-refractivity contribution >= 4 is 11.6 Å². The fourth-order valence-corrected chi connectivity index (χ4v) is 1.35. The summed E-state index contributed by atoms with van der Waals surface area (Å²) in [6.07, 6.45) is 1.34. The van der Waals surface area contributed by atoms with Crippen molar-refractivity contribution in [1.29, 1.82) is 0 Å². The van der Waals surface area contributed by atoms with Crippen LogP contribution < -0.4 is 11.5 Å². The summed E-state index contributed by atoms with van der Waals surface area (Å²) in [5.41, 5.74) is 10.2. The summed E-state index contributed by atoms with van der Waals surface area (Å²) in [5.74, 6) is -2.42. The quantitative estimate of drug-likeness (QED) is 0.760. The maximum atomic E-state index is 13.2. The number of nitrogens with two attached hydrogens (primary N) is 2. The van der Waals surface area contributed by atoms with Gasteiger partial charge in [-0.15, -0.1) is 0 Å². The SMILES string of the molecule is NC(=O)c1ccn(-c2cc(F)cc(F)c2N)n1. The Hall–Kier alpha value is -2.44. The van der Waals surface area contributed by atoms with Crippen LogP contribution in [0.3, 0.4) is 0 Å². The molecule has 0 spiro atoms. The number of nitrogens with zero attached hydrogens (tertiary/aromatic N) is 2. The molecule has 2 aromatic rings. The van der Waals surface area contributed by atoms with Crippen molar-refractivity contribution in [2.75, 3.05) is 5.73 Å². The monoisotopic (exact) mass is 238 g/mol. The lowest BCUT2D eigenvalue weighted by Gasteiger charge is -2.06. The van der Waals surface area contributed by atoms with E-state index in [9.17, 15) is 13.6 Å². The first-order valence-electron chi connectivity index (χ1n) is 4.59. The smallest absolute Gasteiger partial charge is 0.269 e. The lowest BCUT2D eigenvalue weighted by molar-refractivity contribution is 0.0995. The summed E-state index contributed by atoms with van der Waals surface area (Å²) in [4.78, 5) is 10.8. The summed E-state index contributed by atoms with van der Waals surface area (Å²) in [6, 6.07) is 3.00. The molecule has 1 aromatic heterocycles. The van der Waals surface area contributed by atoms with E-state index in [2.05, 4.69) is 5.10 Å². The first-order chi connectivity index (χ1) is 7.99. The second-order valence-electron chi connectivity index (χ2n) is 3.33. The van der Waals surface area contributed by atoms with Crippen LogP contribution in [0, 0.1) is 11.6 Å². The zero-order chi connectivity index (χ0) is 12.6. The van der Waals surface area contributed by atoms with Crippen LogP contribution in [0.15, 0.2) is 24.4 Å². The average Bonchev–Trinajstić information content (AvgIpc) is 2.72. The number of hydrogen-bond donors (Lipinski definition) is 2. The van der Waals surface area contributed by atoms with Crippen molar-refractivity contribution in [1.82, 2.24) is 9.78 Å². The molecule has 0 fully saturated rings. The number of aromatic nitrogens is 2. The van der Waals surface area contributed by atoms with Crippen molar-refractivity contribution < 1.29 is 13.6 Å². The summed E-state index contributed by atoms with van der Waals surface area (Å²) in [5, 5.41) is 3.75. The van der Waals surface area contributed by atoms with Crippen LogP contribution in [0.4, 0.5) is 14.5 Å². The predicted molar refractivity (Wildman–Crippen MR) is 56.4 cm³/mol. The molecule has 0 aliphatic heterocycles. The number of primary amides is 1. The molecular weight excluding hydrogens is 230 g/mol. The first-order valence-corrected chi connectivity index (χ1v) is 4.59. The Labute approximate surface area is 94.6 Å². The van der Waals surface area contributed by atoms with Crippen LogP contribution in [0.25, 0.3) is 5.69 Å². The Morgan fingerprint density at radius 1 is 1.35 bits per heavy atom. The third-order valence-electron chi connectivity index (χ3n) is 2.16. The van der Waals surface area contributed by atoms with Gasteiger partial charge in [-0.1, -0.05) is 0 Å². The lowest BCUT2D eigenvalue weighted by Crippen LogP contribution is -2.12. The molecule has 0 radical (unpaired) electrons. The lowest BCUT2D eigenvalue weighted by atomic mass is 10.2. The van der Waals surface area contributed by atoms with Gasteiger partial charge in [-0.25, -0.2) is 13.5 Å². The third kappa shape index (κ3) is 1.94. The van der Waals surface area contributed by atoms with E-state index in [0.29, 0.717) is 6.07 Å². The van der Waals surface area contributed by atoms with Crippen molar-refractivity contribution in [3.05, 3.63) is 41.7 Å². The molecule has 7 heteroatoms. The maximum Gasteiger partial charge on any atom is 0.269 e. The fourth-order valence-electron chi connectivity index (χ4n) is 1.35. The number of benzene rings is 1. The van der Waals surface area contributed by atoms with E-state index >= 15 is 0 Å². The van der Waals surface area contributed by atoms with Gasteiger partial charge in [0.1, 0.15) is 11.5 Å². The van der Waals surface area contributed by atoms with E-state index in [1.165, 1.54) is 12.3 Å². The Kier molecular flexibility index (Phi) is 2.51. The molecule has 1 amide bonds. The highest BCUT2D eigenvalue weighted by molar-refractivity contribution is 5.90. The zero-order valence-electron chi connectivity index (χ0n) is 8.52. The standard InChI is InChI=1S/C10H8F2N4O/c11-5-3-6(12)9(13)8(4-5)16-2-1-7(15-16)10(14)17/h1-4H,13H2,(H2,14,17). The number of halogens is 2. The van der Waals surface area contributed by atoms with E-state index < -0.39 is 17.5 Å². The van der Waals surface area contributed by atoms with Crippen LogP contribution >= 0.6 is 0 Å². The van der Waals surface area contributed by atoms with Gasteiger partial charge in [0.25, 0.3) is 5.91 Å². The molecule has 5 nitrogen and oxygen atoms in total. The van der Waals surface area contributed by atoms with Gasteiger partial charge in [0.15, 0.2) is 5.82 Å². The van der Waals surface area contributed by atoms with E-state index in [-0.39, 0.29) is 17.1 Å². The number of amides is 1. The predicted octanol–water partition coefficient (Wildman–Crippen LogP) is 0.832. The van der Waals surface area contributed by atoms with Crippen LogP contribution in [-0.2, 0) is 0 Å². The zero-order valence-corrected chi connectivity index (χ0v) is 8.52. The normalized spacial score (nSPS) is 10.5. The van der Waals surface area contributed by atoms with Gasteiger partial charge in [0.2, 0.25) is 0 Å². The van der Waals surface area contributed by atoms with Gasteiger partial charge in [-0.05, 0) is 6.07 Å². The van der Waals surface area contributed by atoms with Crippen LogP contribution in [-0.4, -0.2) is 15.7 Å². The molecule has 2 rings (SSSR count). The fraction of sp³-hybridized carbons (Fsp3) is 0. The van der Waals surface area contributed by atoms with Gasteiger partial charge >= 0.3 is 0 Å². The second kappa shape index (κ2) is 3.85. The number of nitrogen functional groups attached to an aromatic ring is 1. The number of hydrogen-bond acceptors (Lipinski definition) is 3. The molecule has 0 saturated carbocycles. The second-order valence-corrected chi connectivity index (χ2v) is 3.33. The largest absolute Gasteiger partial charge is 0.395 e. The minimum atomic E-state index is -0.892. The van der Waals surface area contributed by atoms with Gasteiger partial charge < -0.3 is 11.5 Å². The molecule has 4 N–H and O–H groups in total. The first kappa shape index (κ1) is 11.1. The van der Waals surface area contributed by atoms with Crippen LogP contribution in [0.2, 0.25) is 0 Å². The third-order valence-corrected chi connectivity index (χ3v) is 2.16. The maximum absolute atomic E-state index is 13.2. The highest BCUT2D eigenvalue weighted by Crippen LogP contribution is 2.21. The molecule has 0 bridgehead atoms. The van der Waals surface area contributed by atoms with E-state index in [0.717, 1.165) is 10.7 Å². The molecule has 17 heavy (non-hydrogen) atoms. The molecule has 0 aliphatic carbocycles. The molecule has 0 unspecified atom stereocenters. The molecule has 1 aromatic carbocycles. The van der Waals surface area contributed by atoms with Crippen molar-refractivity contribution in [3.63, 3.8) is 0 Å². The van der Waals surface area contributed by atoms with Crippen molar-refractivity contribution in [2.24, 2.45) is 5.73 Å². The highest BCUT2D eigenvalue weighted by Gasteiger charge is 2.12. The van der Waals surface area contributed by atoms with E-state index in [1.807, 2.05) is 0 Å². The molecule has 88 valence electrons. The Bertz CT molecular complexity index is 594. The topological polar surface area (TPSA) is 86.9 Å². The summed E-state index contributed by atoms with van der Waals surface area (Å²) in [6.45, 7) is 0. The molecule has 0 saturated heterocycles. The van der Waals surface area contributed by atoms with Gasteiger partial charge in [0, 0.05) is 18.3 Å². The Morgan fingerprint density at radius 2 is 2.06 bits per heavy atom. The van der Waals surface area contributed by atoms with Crippen molar-refractivity contribution in [3.8, 4) is 5.69 Å². The Balaban J connectivity index is 2.56. The number of carbonyl (C=O) groups is 1. The van der Waals surface area contributed by atoms with E-state index in [4.69, 9.17) is 11.5 Å². The summed E-state index contributed by atoms with van der Waals surface area (Å²) >= 11 is 0. The van der Waals surface area contributed by atoms with Crippen LogP contribution in [0.5, 0.6) is 0 Å². The molecule has 0 atom stereocenters. The van der Waals surface area contributed by atoms with Crippen molar-refractivity contribution in [2.45, 2.75) is 0 Å². The van der Waals surface area contributed by atoms with Crippen LogP contribution in [0.1, 0.15) is 10.5 Å². The minimum absolute atomic E-state index is 0.00926. The molecular formula is C10H8F2N4O.